The molecular weight excluding hydrogens is 312 g/mol. The Hall–Kier alpha value is -1.52. The van der Waals surface area contributed by atoms with Crippen LogP contribution in [0.25, 0.3) is 11.1 Å². The van der Waals surface area contributed by atoms with E-state index >= 15 is 0 Å². The second kappa shape index (κ2) is 5.46. The van der Waals surface area contributed by atoms with Gasteiger partial charge in [-0.1, -0.05) is 23.7 Å². The summed E-state index contributed by atoms with van der Waals surface area (Å²) in [5.41, 5.74) is 0.258. The molecule has 0 radical (unpaired) electrons. The molecule has 0 N–H and O–H groups in total. The van der Waals surface area contributed by atoms with Gasteiger partial charge in [0.15, 0.2) is 0 Å². The van der Waals surface area contributed by atoms with E-state index in [1.165, 1.54) is 30.3 Å². The van der Waals surface area contributed by atoms with Gasteiger partial charge in [0.2, 0.25) is 0 Å². The van der Waals surface area contributed by atoms with Crippen molar-refractivity contribution in [3.63, 3.8) is 0 Å². The Morgan fingerprint density at radius 1 is 1.00 bits per heavy atom. The van der Waals surface area contributed by atoms with E-state index in [1.54, 1.807) is 0 Å². The highest BCUT2D eigenvalue weighted by atomic mass is 35.5. The zero-order valence-corrected chi connectivity index (χ0v) is 11.4. The molecule has 0 saturated heterocycles. The van der Waals surface area contributed by atoms with Crippen molar-refractivity contribution in [2.75, 3.05) is 0 Å². The summed E-state index contributed by atoms with van der Waals surface area (Å²) in [6, 6.07) is 8.85. The van der Waals surface area contributed by atoms with E-state index in [9.17, 15) is 18.0 Å². The van der Waals surface area contributed by atoms with Crippen LogP contribution in [0.2, 0.25) is 5.02 Å². The van der Waals surface area contributed by atoms with E-state index in [-0.39, 0.29) is 5.56 Å². The monoisotopic (exact) mass is 318 g/mol. The topological polar surface area (TPSA) is 17.1 Å². The highest BCUT2D eigenvalue weighted by molar-refractivity contribution is 6.68. The van der Waals surface area contributed by atoms with Crippen molar-refractivity contribution in [1.29, 1.82) is 0 Å². The predicted molar refractivity (Wildman–Crippen MR) is 72.1 cm³/mol. The fourth-order valence-corrected chi connectivity index (χ4v) is 2.10. The highest BCUT2D eigenvalue weighted by Gasteiger charge is 2.30. The maximum atomic E-state index is 12.5. The second-order valence-corrected chi connectivity index (χ2v) is 4.82. The van der Waals surface area contributed by atoms with Crippen LogP contribution < -0.4 is 0 Å². The first-order valence-electron chi connectivity index (χ1n) is 5.46. The molecule has 0 spiro atoms. The first kappa shape index (κ1) is 14.9. The molecule has 0 atom stereocenters. The Balaban J connectivity index is 2.52. The van der Waals surface area contributed by atoms with E-state index < -0.39 is 17.0 Å². The van der Waals surface area contributed by atoms with Crippen LogP contribution in [0, 0.1) is 0 Å². The molecule has 104 valence electrons. The van der Waals surface area contributed by atoms with Crippen LogP contribution in [0.15, 0.2) is 42.5 Å². The van der Waals surface area contributed by atoms with E-state index in [1.807, 2.05) is 0 Å². The summed E-state index contributed by atoms with van der Waals surface area (Å²) in [4.78, 5) is 11.3. The van der Waals surface area contributed by atoms with Gasteiger partial charge in [0.25, 0.3) is 5.24 Å². The summed E-state index contributed by atoms with van der Waals surface area (Å²) in [5, 5.41) is -0.335. The molecule has 2 rings (SSSR count). The molecule has 0 saturated carbocycles. The lowest BCUT2D eigenvalue weighted by atomic mass is 9.99. The Morgan fingerprint density at radius 3 is 2.10 bits per heavy atom. The van der Waals surface area contributed by atoms with Gasteiger partial charge in [-0.2, -0.15) is 13.2 Å². The predicted octanol–water partition coefficient (Wildman–Crippen LogP) is 5.40. The van der Waals surface area contributed by atoms with Crippen LogP contribution in [0.5, 0.6) is 0 Å². The van der Waals surface area contributed by atoms with Gasteiger partial charge in [0.1, 0.15) is 0 Å². The number of halogens is 5. The largest absolute Gasteiger partial charge is 0.416 e. The van der Waals surface area contributed by atoms with Gasteiger partial charge in [-0.15, -0.1) is 0 Å². The number of carbonyl (C=O) groups is 1. The zero-order valence-electron chi connectivity index (χ0n) is 9.84. The van der Waals surface area contributed by atoms with Crippen molar-refractivity contribution < 1.29 is 18.0 Å². The van der Waals surface area contributed by atoms with Crippen molar-refractivity contribution in [3.8, 4) is 11.1 Å². The number of benzene rings is 2. The van der Waals surface area contributed by atoms with Gasteiger partial charge >= 0.3 is 6.18 Å². The molecule has 0 fully saturated rings. The van der Waals surface area contributed by atoms with Crippen molar-refractivity contribution in [3.05, 3.63) is 58.6 Å². The van der Waals surface area contributed by atoms with Crippen LogP contribution in [0.4, 0.5) is 13.2 Å². The highest BCUT2D eigenvalue weighted by Crippen LogP contribution is 2.33. The third-order valence-corrected chi connectivity index (χ3v) is 3.16. The fraction of sp³-hybridized carbons (Fsp3) is 0.0714. The van der Waals surface area contributed by atoms with Crippen molar-refractivity contribution >= 4 is 28.4 Å². The van der Waals surface area contributed by atoms with Crippen LogP contribution in [-0.4, -0.2) is 5.24 Å². The lowest BCUT2D eigenvalue weighted by Crippen LogP contribution is -2.04. The third-order valence-electron chi connectivity index (χ3n) is 2.72. The molecule has 0 amide bonds. The zero-order chi connectivity index (χ0) is 14.9. The molecule has 0 aliphatic rings. The summed E-state index contributed by atoms with van der Waals surface area (Å²) >= 11 is 11.3. The standard InChI is InChI=1S/C14H7Cl2F3O/c15-10-5-6-11(13(16)20)12(7-10)8-1-3-9(4-2-8)14(17,18)19/h1-7H. The fourth-order valence-electron chi connectivity index (χ4n) is 1.77. The lowest BCUT2D eigenvalue weighted by molar-refractivity contribution is -0.137. The summed E-state index contributed by atoms with van der Waals surface area (Å²) in [7, 11) is 0. The van der Waals surface area contributed by atoms with Crippen LogP contribution in [0.3, 0.4) is 0 Å². The number of hydrogen-bond acceptors (Lipinski definition) is 1. The van der Waals surface area contributed by atoms with Crippen LogP contribution >= 0.6 is 23.2 Å². The average Bonchev–Trinajstić information content (AvgIpc) is 2.37. The second-order valence-electron chi connectivity index (χ2n) is 4.04. The van der Waals surface area contributed by atoms with E-state index in [0.29, 0.717) is 16.1 Å². The maximum Gasteiger partial charge on any atom is 0.416 e. The lowest BCUT2D eigenvalue weighted by Gasteiger charge is -2.10. The molecule has 0 bridgehead atoms. The van der Waals surface area contributed by atoms with Crippen LogP contribution in [-0.2, 0) is 6.18 Å². The molecule has 20 heavy (non-hydrogen) atoms. The molecular formula is C14H7Cl2F3O. The SMILES string of the molecule is O=C(Cl)c1ccc(Cl)cc1-c1ccc(C(F)(F)F)cc1. The molecule has 1 nitrogen and oxygen atoms in total. The van der Waals surface area contributed by atoms with Gasteiger partial charge in [0.05, 0.1) is 5.56 Å². The molecule has 0 heterocycles. The van der Waals surface area contributed by atoms with E-state index in [4.69, 9.17) is 23.2 Å². The summed E-state index contributed by atoms with van der Waals surface area (Å²) in [6.07, 6.45) is -4.40. The summed E-state index contributed by atoms with van der Waals surface area (Å²) < 4.78 is 37.5. The van der Waals surface area contributed by atoms with Gasteiger partial charge in [-0.25, -0.2) is 0 Å². The van der Waals surface area contributed by atoms with Gasteiger partial charge in [-0.05, 0) is 53.1 Å². The van der Waals surface area contributed by atoms with Gasteiger partial charge in [0, 0.05) is 10.6 Å². The average molecular weight is 319 g/mol. The molecule has 0 aliphatic carbocycles. The van der Waals surface area contributed by atoms with Crippen LogP contribution in [0.1, 0.15) is 15.9 Å². The maximum absolute atomic E-state index is 12.5. The Labute approximate surface area is 122 Å². The van der Waals surface area contributed by atoms with Crippen molar-refractivity contribution in [2.24, 2.45) is 0 Å². The minimum atomic E-state index is -4.40. The van der Waals surface area contributed by atoms with E-state index in [0.717, 1.165) is 12.1 Å². The Kier molecular flexibility index (Phi) is 4.06. The summed E-state index contributed by atoms with van der Waals surface area (Å²) in [5.74, 6) is 0. The summed E-state index contributed by atoms with van der Waals surface area (Å²) in [6.45, 7) is 0. The molecule has 2 aromatic rings. The Morgan fingerprint density at radius 2 is 1.60 bits per heavy atom. The Bertz CT molecular complexity index is 648. The smallest absolute Gasteiger partial charge is 0.276 e. The minimum Gasteiger partial charge on any atom is -0.276 e. The number of rotatable bonds is 2. The molecule has 6 heteroatoms. The number of hydrogen-bond donors (Lipinski definition) is 0. The molecule has 0 aliphatic heterocycles. The third kappa shape index (κ3) is 3.14. The number of carbonyl (C=O) groups excluding carboxylic acids is 1. The van der Waals surface area contributed by atoms with Crippen molar-refractivity contribution in [1.82, 2.24) is 0 Å². The molecule has 0 unspecified atom stereocenters. The van der Waals surface area contributed by atoms with E-state index in [2.05, 4.69) is 0 Å². The van der Waals surface area contributed by atoms with Crippen molar-refractivity contribution in [2.45, 2.75) is 6.18 Å². The number of alkyl halides is 3. The molecule has 0 aromatic heterocycles. The first-order chi connectivity index (χ1) is 9.29. The van der Waals surface area contributed by atoms with Gasteiger partial charge < -0.3 is 0 Å². The molecule has 2 aromatic carbocycles. The minimum absolute atomic E-state index is 0.191. The quantitative estimate of drug-likeness (QED) is 0.677. The van der Waals surface area contributed by atoms with Gasteiger partial charge in [-0.3, -0.25) is 4.79 Å². The normalized spacial score (nSPS) is 11.4. The first-order valence-corrected chi connectivity index (χ1v) is 6.21.